The molecule has 3 rings (SSSR count). The third-order valence-electron chi connectivity index (χ3n) is 3.74. The highest BCUT2D eigenvalue weighted by Gasteiger charge is 2.29. The van der Waals surface area contributed by atoms with Crippen molar-refractivity contribution in [1.82, 2.24) is 5.32 Å². The molecule has 1 unspecified atom stereocenters. The zero-order valence-corrected chi connectivity index (χ0v) is 13.7. The predicted molar refractivity (Wildman–Crippen MR) is 88.7 cm³/mol. The normalized spacial score (nSPS) is 18.6. The van der Waals surface area contributed by atoms with E-state index in [4.69, 9.17) is 11.6 Å². The van der Waals surface area contributed by atoms with E-state index in [0.717, 1.165) is 11.3 Å². The Hall–Kier alpha value is -1.56. The van der Waals surface area contributed by atoms with E-state index in [1.807, 2.05) is 31.2 Å². The lowest BCUT2D eigenvalue weighted by Crippen LogP contribution is -2.39. The van der Waals surface area contributed by atoms with Gasteiger partial charge < -0.3 is 5.32 Å². The maximum Gasteiger partial charge on any atom is 0.264 e. The van der Waals surface area contributed by atoms with Crippen LogP contribution in [0.25, 0.3) is 0 Å². The molecule has 2 aromatic carbocycles. The van der Waals surface area contributed by atoms with Crippen LogP contribution in [0.3, 0.4) is 0 Å². The number of halogens is 1. The van der Waals surface area contributed by atoms with Crippen LogP contribution in [0.15, 0.2) is 53.4 Å². The number of sulfonamides is 1. The molecule has 1 N–H and O–H groups in total. The first-order chi connectivity index (χ1) is 10.5. The van der Waals surface area contributed by atoms with Gasteiger partial charge in [0.25, 0.3) is 10.0 Å². The van der Waals surface area contributed by atoms with Crippen LogP contribution in [0.1, 0.15) is 12.5 Å². The van der Waals surface area contributed by atoms with E-state index in [1.54, 1.807) is 24.3 Å². The van der Waals surface area contributed by atoms with Crippen LogP contribution < -0.4 is 9.62 Å². The lowest BCUT2D eigenvalue weighted by molar-refractivity contribution is 0.556. The Morgan fingerprint density at radius 3 is 2.55 bits per heavy atom. The number of benzene rings is 2. The molecule has 1 atom stereocenters. The third kappa shape index (κ3) is 2.84. The van der Waals surface area contributed by atoms with E-state index in [-0.39, 0.29) is 10.9 Å². The van der Waals surface area contributed by atoms with Crippen LogP contribution in [0.2, 0.25) is 5.02 Å². The van der Waals surface area contributed by atoms with E-state index < -0.39 is 10.0 Å². The average Bonchev–Trinajstić information content (AvgIpc) is 2.68. The fourth-order valence-corrected chi connectivity index (χ4v) is 4.28. The molecule has 0 radical (unpaired) electrons. The second-order valence-corrected chi connectivity index (χ2v) is 7.70. The summed E-state index contributed by atoms with van der Waals surface area (Å²) < 4.78 is 27.5. The predicted octanol–water partition coefficient (Wildman–Crippen LogP) is 3.03. The zero-order chi connectivity index (χ0) is 15.7. The largest absolute Gasteiger partial charge is 0.308 e. The summed E-state index contributed by atoms with van der Waals surface area (Å²) in [6, 6.07) is 13.9. The second kappa shape index (κ2) is 5.91. The van der Waals surface area contributed by atoms with Crippen LogP contribution in [0.5, 0.6) is 0 Å². The van der Waals surface area contributed by atoms with Crippen molar-refractivity contribution in [2.45, 2.75) is 24.4 Å². The highest BCUT2D eigenvalue weighted by atomic mass is 35.5. The maximum absolute atomic E-state index is 13.0. The number of nitrogens with one attached hydrogen (secondary N) is 1. The highest BCUT2D eigenvalue weighted by molar-refractivity contribution is 7.92. The van der Waals surface area contributed by atoms with Gasteiger partial charge in [-0.2, -0.15) is 0 Å². The van der Waals surface area contributed by atoms with Crippen LogP contribution >= 0.6 is 11.6 Å². The molecule has 4 nitrogen and oxygen atoms in total. The number of para-hydroxylation sites is 1. The van der Waals surface area contributed by atoms with Gasteiger partial charge in [-0.05, 0) is 42.8 Å². The monoisotopic (exact) mass is 336 g/mol. The zero-order valence-electron chi connectivity index (χ0n) is 12.2. The van der Waals surface area contributed by atoms with E-state index in [1.165, 1.54) is 4.31 Å². The lowest BCUT2D eigenvalue weighted by Gasteiger charge is -2.26. The number of rotatable bonds is 2. The van der Waals surface area contributed by atoms with E-state index in [9.17, 15) is 8.42 Å². The molecular formula is C16H17ClN2O2S. The number of hydrogen-bond acceptors (Lipinski definition) is 3. The quantitative estimate of drug-likeness (QED) is 0.917. The van der Waals surface area contributed by atoms with Crippen molar-refractivity contribution in [3.05, 3.63) is 59.1 Å². The molecule has 0 aliphatic carbocycles. The summed E-state index contributed by atoms with van der Waals surface area (Å²) in [7, 11) is -3.61. The molecule has 116 valence electrons. The van der Waals surface area contributed by atoms with Gasteiger partial charge in [0.15, 0.2) is 0 Å². The third-order valence-corrected chi connectivity index (χ3v) is 5.79. The van der Waals surface area contributed by atoms with Crippen molar-refractivity contribution in [1.29, 1.82) is 0 Å². The second-order valence-electron chi connectivity index (χ2n) is 5.40. The molecule has 2 aromatic rings. The summed E-state index contributed by atoms with van der Waals surface area (Å²) in [5.74, 6) is 0. The van der Waals surface area contributed by atoms with Crippen LogP contribution in [0.4, 0.5) is 5.69 Å². The molecule has 0 amide bonds. The van der Waals surface area contributed by atoms with Gasteiger partial charge >= 0.3 is 0 Å². The van der Waals surface area contributed by atoms with Gasteiger partial charge in [-0.3, -0.25) is 4.31 Å². The Bertz CT molecular complexity index is 775. The average molecular weight is 337 g/mol. The van der Waals surface area contributed by atoms with Crippen molar-refractivity contribution >= 4 is 27.3 Å². The van der Waals surface area contributed by atoms with Crippen molar-refractivity contribution in [3.63, 3.8) is 0 Å². The van der Waals surface area contributed by atoms with Gasteiger partial charge in [-0.15, -0.1) is 0 Å². The van der Waals surface area contributed by atoms with Gasteiger partial charge in [0.2, 0.25) is 0 Å². The first-order valence-electron chi connectivity index (χ1n) is 7.08. The van der Waals surface area contributed by atoms with E-state index in [0.29, 0.717) is 18.1 Å². The van der Waals surface area contributed by atoms with Crippen LogP contribution in [0, 0.1) is 0 Å². The fourth-order valence-electron chi connectivity index (χ4n) is 2.56. The molecule has 6 heteroatoms. The van der Waals surface area contributed by atoms with Crippen LogP contribution in [-0.2, 0) is 16.6 Å². The summed E-state index contributed by atoms with van der Waals surface area (Å²) in [5.41, 5.74) is 1.71. The summed E-state index contributed by atoms with van der Waals surface area (Å²) in [5, 5.41) is 3.85. The van der Waals surface area contributed by atoms with Gasteiger partial charge in [-0.1, -0.05) is 29.8 Å². The number of hydrogen-bond donors (Lipinski definition) is 1. The molecule has 22 heavy (non-hydrogen) atoms. The van der Waals surface area contributed by atoms with Gasteiger partial charge in [0.05, 0.1) is 10.6 Å². The number of fused-ring (bicyclic) bond motifs is 1. The SMILES string of the molecule is CC1CN(S(=O)(=O)c2ccc(Cl)cc2)c2ccccc2CN1. The molecule has 1 aliphatic heterocycles. The summed E-state index contributed by atoms with van der Waals surface area (Å²) >= 11 is 5.86. The summed E-state index contributed by atoms with van der Waals surface area (Å²) in [4.78, 5) is 0.251. The van der Waals surface area contributed by atoms with E-state index in [2.05, 4.69) is 5.32 Å². The van der Waals surface area contributed by atoms with Gasteiger partial charge in [-0.25, -0.2) is 8.42 Å². The Balaban J connectivity index is 2.10. The maximum atomic E-state index is 13.0. The van der Waals surface area contributed by atoms with Gasteiger partial charge in [0.1, 0.15) is 0 Å². The van der Waals surface area contributed by atoms with Crippen molar-refractivity contribution in [3.8, 4) is 0 Å². The Kier molecular flexibility index (Phi) is 4.12. The van der Waals surface area contributed by atoms with Crippen molar-refractivity contribution in [2.75, 3.05) is 10.8 Å². The Labute approximate surface area is 135 Å². The van der Waals surface area contributed by atoms with E-state index >= 15 is 0 Å². The Morgan fingerprint density at radius 2 is 1.82 bits per heavy atom. The van der Waals surface area contributed by atoms with Crippen LogP contribution in [-0.4, -0.2) is 21.0 Å². The smallest absolute Gasteiger partial charge is 0.264 e. The molecular weight excluding hydrogens is 320 g/mol. The first kappa shape index (κ1) is 15.3. The topological polar surface area (TPSA) is 49.4 Å². The van der Waals surface area contributed by atoms with Crippen molar-refractivity contribution in [2.24, 2.45) is 0 Å². The molecule has 0 saturated heterocycles. The molecule has 0 aromatic heterocycles. The minimum absolute atomic E-state index is 0.0643. The van der Waals surface area contributed by atoms with Gasteiger partial charge in [0, 0.05) is 24.2 Å². The lowest BCUT2D eigenvalue weighted by atomic mass is 10.2. The minimum Gasteiger partial charge on any atom is -0.308 e. The number of nitrogens with zero attached hydrogens (tertiary/aromatic N) is 1. The fraction of sp³-hybridized carbons (Fsp3) is 0.250. The minimum atomic E-state index is -3.61. The highest BCUT2D eigenvalue weighted by Crippen LogP contribution is 2.29. The number of anilines is 1. The van der Waals surface area contributed by atoms with Crippen molar-refractivity contribution < 1.29 is 8.42 Å². The first-order valence-corrected chi connectivity index (χ1v) is 8.90. The molecule has 0 fully saturated rings. The molecule has 0 saturated carbocycles. The summed E-state index contributed by atoms with van der Waals surface area (Å²) in [6.45, 7) is 3.03. The summed E-state index contributed by atoms with van der Waals surface area (Å²) in [6.07, 6.45) is 0. The Morgan fingerprint density at radius 1 is 1.14 bits per heavy atom. The molecule has 0 bridgehead atoms. The molecule has 0 spiro atoms. The molecule has 1 aliphatic rings. The standard InChI is InChI=1S/C16H17ClN2O2S/c1-12-11-19(16-5-3-2-4-13(16)10-18-12)22(20,21)15-8-6-14(17)7-9-15/h2-9,12,18H,10-11H2,1H3. The molecule has 1 heterocycles.